The average Bonchev–Trinajstić information content (AvgIpc) is 3.59. The number of ether oxygens (including phenoxy) is 10. The summed E-state index contributed by atoms with van der Waals surface area (Å²) in [7, 11) is 0. The minimum absolute atomic E-state index is 0.0214. The Morgan fingerprint density at radius 1 is 0.773 bits per heavy atom. The van der Waals surface area contributed by atoms with Crippen LogP contribution in [0.5, 0.6) is 0 Å². The lowest BCUT2D eigenvalue weighted by atomic mass is 9.72. The Kier molecular flexibility index (Phi) is 16.5. The first-order valence-corrected chi connectivity index (χ1v) is 29.0. The van der Waals surface area contributed by atoms with Gasteiger partial charge in [0.25, 0.3) is 0 Å². The van der Waals surface area contributed by atoms with Gasteiger partial charge in [0.2, 0.25) is 0 Å². The van der Waals surface area contributed by atoms with Crippen molar-refractivity contribution in [2.45, 2.75) is 297 Å². The maximum absolute atomic E-state index is 12.4. The van der Waals surface area contributed by atoms with Crippen molar-refractivity contribution in [2.24, 2.45) is 23.7 Å². The molecule has 0 unspecified atom stereocenters. The summed E-state index contributed by atoms with van der Waals surface area (Å²) in [4.78, 5) is 11.4. The highest BCUT2D eigenvalue weighted by Crippen LogP contribution is 2.54. The molecule has 27 atom stereocenters. The normalized spacial score (nSPS) is 51.6. The second kappa shape index (κ2) is 21.9. The number of hydrogen-bond donors (Lipinski definition) is 5. The fraction of sp³-hybridized carbons (Fsp3) is 0.881. The van der Waals surface area contributed by atoms with Crippen LogP contribution >= 0.6 is 0 Å². The Morgan fingerprint density at radius 2 is 1.51 bits per heavy atom. The quantitative estimate of drug-likeness (QED) is 0.134. The van der Waals surface area contributed by atoms with E-state index in [2.05, 4.69) is 66.3 Å². The van der Waals surface area contributed by atoms with Crippen molar-refractivity contribution in [3.63, 3.8) is 0 Å². The van der Waals surface area contributed by atoms with E-state index in [1.165, 1.54) is 0 Å². The monoisotopic (exact) mass is 1060 g/mol. The molecule has 0 aromatic rings. The number of carboxylic acids is 1. The summed E-state index contributed by atoms with van der Waals surface area (Å²) in [5.74, 6) is -0.742. The highest BCUT2D eigenvalue weighted by molar-refractivity contribution is 5.67. The van der Waals surface area contributed by atoms with Crippen molar-refractivity contribution in [1.82, 2.24) is 0 Å². The van der Waals surface area contributed by atoms with Gasteiger partial charge in [-0.25, -0.2) is 0 Å². The lowest BCUT2D eigenvalue weighted by Gasteiger charge is -2.61. The molecule has 0 radical (unpaired) electrons. The number of fused-ring (bicyclic) bond motifs is 8. The van der Waals surface area contributed by atoms with Gasteiger partial charge in [-0.15, -0.1) is 0 Å². The second-order valence-corrected chi connectivity index (χ2v) is 26.3. The second-order valence-electron chi connectivity index (χ2n) is 26.3. The van der Waals surface area contributed by atoms with Crippen molar-refractivity contribution >= 4 is 5.97 Å². The van der Waals surface area contributed by atoms with E-state index in [1.807, 2.05) is 20.8 Å². The third-order valence-electron chi connectivity index (χ3n) is 19.8. The van der Waals surface area contributed by atoms with Crippen LogP contribution in [0.25, 0.3) is 0 Å². The van der Waals surface area contributed by atoms with Crippen molar-refractivity contribution in [3.8, 4) is 0 Å². The van der Waals surface area contributed by atoms with Gasteiger partial charge in [-0.1, -0.05) is 58.1 Å². The Balaban J connectivity index is 0.787. The lowest BCUT2D eigenvalue weighted by molar-refractivity contribution is -0.369. The Bertz CT molecular complexity index is 2100. The van der Waals surface area contributed by atoms with Gasteiger partial charge in [-0.3, -0.25) is 4.79 Å². The predicted molar refractivity (Wildman–Crippen MR) is 276 cm³/mol. The molecule has 0 saturated carbocycles. The number of carboxylic acid groups (broad SMARTS) is 1. The SMILES string of the molecule is C=C1C[C@H]2O[C@H]3[C@@H](C[C@]2(C)O[C@@H]1C/C(C)=C/[C@@H](C)CO)O[C@H]1C[C@H]2O[C@H]4CC[C@H]5O[C@H]6C[C@H]7O[C@@H](C[C@H](O)C[C@@H]8C[C@@H](C)[C@@H]([C@@H](C)CC(=O)O)O8)[C@H](O)CC[C@@H]7O[C@]6(C)C[C@]5(C)O[C@@H]4C/C=C\[C@H](C)[C@@H]2O[C@@]1(C)[C@H]3O. The summed E-state index contributed by atoms with van der Waals surface area (Å²) in [5, 5.41) is 54.2. The molecule has 5 N–H and O–H groups in total. The van der Waals surface area contributed by atoms with Gasteiger partial charge in [0.1, 0.15) is 17.8 Å². The number of rotatable bonds is 11. The minimum atomic E-state index is -1.05. The molecule has 0 aliphatic carbocycles. The smallest absolute Gasteiger partial charge is 0.303 e. The van der Waals surface area contributed by atoms with Gasteiger partial charge in [0.15, 0.2) is 0 Å². The van der Waals surface area contributed by atoms with Gasteiger partial charge >= 0.3 is 5.97 Å². The molecule has 10 rings (SSSR count). The van der Waals surface area contributed by atoms with E-state index in [4.69, 9.17) is 47.4 Å². The van der Waals surface area contributed by atoms with E-state index >= 15 is 0 Å². The molecule has 75 heavy (non-hydrogen) atoms. The highest BCUT2D eigenvalue weighted by Gasteiger charge is 2.65. The van der Waals surface area contributed by atoms with E-state index in [-0.39, 0.29) is 116 Å². The summed E-state index contributed by atoms with van der Waals surface area (Å²) in [6, 6.07) is 0. The molecule has 0 bridgehead atoms. The van der Waals surface area contributed by atoms with Crippen LogP contribution in [0, 0.1) is 23.7 Å². The fourth-order valence-corrected chi connectivity index (χ4v) is 15.8. The van der Waals surface area contributed by atoms with E-state index in [0.717, 1.165) is 17.6 Å². The minimum Gasteiger partial charge on any atom is -0.481 e. The first-order valence-electron chi connectivity index (χ1n) is 29.0. The van der Waals surface area contributed by atoms with Crippen LogP contribution in [0.3, 0.4) is 0 Å². The molecule has 10 aliphatic heterocycles. The van der Waals surface area contributed by atoms with Gasteiger partial charge in [-0.05, 0) is 116 Å². The molecule has 9 fully saturated rings. The van der Waals surface area contributed by atoms with Crippen LogP contribution in [-0.4, -0.2) is 176 Å². The molecule has 0 aromatic carbocycles. The maximum Gasteiger partial charge on any atom is 0.303 e. The number of aliphatic carboxylic acids is 1. The number of aliphatic hydroxyl groups excluding tert-OH is 4. The molecular weight excluding hydrogens is 965 g/mol. The molecular formula is C59H92O16. The first-order chi connectivity index (χ1) is 35.5. The topological polar surface area (TPSA) is 211 Å². The van der Waals surface area contributed by atoms with Crippen LogP contribution in [0.4, 0.5) is 0 Å². The summed E-state index contributed by atoms with van der Waals surface area (Å²) in [5.41, 5.74) is -0.952. The molecule has 0 spiro atoms. The molecule has 16 heteroatoms. The number of aliphatic hydroxyl groups is 4. The van der Waals surface area contributed by atoms with Crippen molar-refractivity contribution < 1.29 is 77.7 Å². The summed E-state index contributed by atoms with van der Waals surface area (Å²) < 4.78 is 69.8. The van der Waals surface area contributed by atoms with Crippen molar-refractivity contribution in [3.05, 3.63) is 36.0 Å². The van der Waals surface area contributed by atoms with Gasteiger partial charge in [0.05, 0.1) is 127 Å². The molecule has 9 saturated heterocycles. The maximum atomic E-state index is 12.4. The van der Waals surface area contributed by atoms with Gasteiger partial charge in [0, 0.05) is 44.6 Å². The van der Waals surface area contributed by atoms with Gasteiger partial charge in [-0.2, -0.15) is 0 Å². The Labute approximate surface area is 445 Å². The first kappa shape index (κ1) is 56.4. The van der Waals surface area contributed by atoms with E-state index in [0.29, 0.717) is 77.0 Å². The molecule has 0 aromatic heterocycles. The van der Waals surface area contributed by atoms with Crippen LogP contribution in [0.15, 0.2) is 36.0 Å². The number of carbonyl (C=O) groups is 1. The van der Waals surface area contributed by atoms with E-state index < -0.39 is 71.1 Å². The number of hydrogen-bond acceptors (Lipinski definition) is 15. The molecule has 0 amide bonds. The molecule has 424 valence electrons. The summed E-state index contributed by atoms with van der Waals surface area (Å²) >= 11 is 0. The van der Waals surface area contributed by atoms with Crippen molar-refractivity contribution in [1.29, 1.82) is 0 Å². The molecule has 10 aliphatic rings. The zero-order chi connectivity index (χ0) is 53.5. The Hall–Kier alpha value is -1.87. The third-order valence-corrected chi connectivity index (χ3v) is 19.8. The van der Waals surface area contributed by atoms with Crippen LogP contribution in [0.2, 0.25) is 0 Å². The van der Waals surface area contributed by atoms with Crippen LogP contribution in [-0.2, 0) is 52.2 Å². The largest absolute Gasteiger partial charge is 0.481 e. The lowest BCUT2D eigenvalue weighted by Crippen LogP contribution is -2.74. The summed E-state index contributed by atoms with van der Waals surface area (Å²) in [6.45, 7) is 23.1. The van der Waals surface area contributed by atoms with E-state index in [1.54, 1.807) is 0 Å². The zero-order valence-corrected chi connectivity index (χ0v) is 46.3. The third kappa shape index (κ3) is 11.3. The highest BCUT2D eigenvalue weighted by atomic mass is 16.6. The van der Waals surface area contributed by atoms with E-state index in [9.17, 15) is 30.3 Å². The standard InChI is InChI=1S/C59H92O16/c1-30(18-31(2)28-60)19-42-33(4)21-48-56(7,74-42)27-46-54(71-48)55(65)59(10)50(69-46)26-45-53(75-59)32(3)12-11-13-40-39(67-45)16-17-47-57(8,72-40)29-58(9)49(70-47)25-44-41(73-58)15-14-38(62)43(68-44)24-36(61)23-37-20-34(5)52(66-37)35(6)22-51(63)64/h11-12,18,31-32,34-50,52-55,60-62,65H,4,13-17,19-29H2,1-3,5-10H3,(H,63,64)/b12-11-,30-18+/t31-,32+,34-,35+,36-,37+,38-,39+,40-,41+,42-,43+,44-,45-,46-,47-,48-,49+,50+,52+,53+,54+,55+,56+,57+,58-,59-/m1/s1. The zero-order valence-electron chi connectivity index (χ0n) is 46.3. The van der Waals surface area contributed by atoms with Crippen molar-refractivity contribution in [2.75, 3.05) is 6.61 Å². The average molecular weight is 1060 g/mol. The summed E-state index contributed by atoms with van der Waals surface area (Å²) in [6.07, 6.45) is 6.94. The Morgan fingerprint density at radius 3 is 2.27 bits per heavy atom. The van der Waals surface area contributed by atoms with Crippen LogP contribution in [0.1, 0.15) is 159 Å². The predicted octanol–water partition coefficient (Wildman–Crippen LogP) is 6.84. The molecule has 16 nitrogen and oxygen atoms in total. The molecule has 10 heterocycles. The fourth-order valence-electron chi connectivity index (χ4n) is 15.8. The van der Waals surface area contributed by atoms with Crippen LogP contribution < -0.4 is 0 Å². The van der Waals surface area contributed by atoms with Gasteiger partial charge < -0.3 is 72.9 Å².